The van der Waals surface area contributed by atoms with E-state index in [9.17, 15) is 0 Å². The van der Waals surface area contributed by atoms with Crippen LogP contribution >= 0.6 is 15.9 Å². The molecule has 2 nitrogen and oxygen atoms in total. The number of hydrogen-bond donors (Lipinski definition) is 2. The van der Waals surface area contributed by atoms with Crippen LogP contribution in [-0.2, 0) is 0 Å². The molecular formula is C11H16BrNO. The van der Waals surface area contributed by atoms with Gasteiger partial charge in [0.05, 0.1) is 6.10 Å². The molecule has 3 heteroatoms. The topological polar surface area (TPSA) is 32.3 Å². The number of aliphatic hydroxyl groups is 1. The van der Waals surface area contributed by atoms with Gasteiger partial charge in [0, 0.05) is 17.1 Å². The first-order valence-corrected chi connectivity index (χ1v) is 5.56. The van der Waals surface area contributed by atoms with Crippen molar-refractivity contribution in [3.63, 3.8) is 0 Å². The first-order chi connectivity index (χ1) is 6.59. The van der Waals surface area contributed by atoms with E-state index in [1.54, 1.807) is 6.92 Å². The molecule has 0 radical (unpaired) electrons. The molecule has 0 amide bonds. The van der Waals surface area contributed by atoms with Crippen LogP contribution in [0.5, 0.6) is 0 Å². The van der Waals surface area contributed by atoms with Gasteiger partial charge >= 0.3 is 0 Å². The van der Waals surface area contributed by atoms with Crippen molar-refractivity contribution in [2.24, 2.45) is 0 Å². The van der Waals surface area contributed by atoms with E-state index in [0.717, 1.165) is 4.47 Å². The first-order valence-electron chi connectivity index (χ1n) is 4.76. The number of aliphatic hydroxyl groups excluding tert-OH is 1. The molecule has 14 heavy (non-hydrogen) atoms. The Morgan fingerprint density at radius 2 is 2.14 bits per heavy atom. The van der Waals surface area contributed by atoms with Gasteiger partial charge in [-0.2, -0.15) is 0 Å². The second kappa shape index (κ2) is 5.49. The number of halogens is 1. The van der Waals surface area contributed by atoms with E-state index in [1.165, 1.54) is 5.56 Å². The van der Waals surface area contributed by atoms with E-state index in [1.807, 2.05) is 12.1 Å². The summed E-state index contributed by atoms with van der Waals surface area (Å²) in [7, 11) is 0. The second-order valence-electron chi connectivity index (χ2n) is 3.53. The summed E-state index contributed by atoms with van der Waals surface area (Å²) in [6.45, 7) is 4.48. The molecule has 0 bridgehead atoms. The zero-order chi connectivity index (χ0) is 10.6. The molecule has 0 saturated carbocycles. The number of benzene rings is 1. The van der Waals surface area contributed by atoms with Crippen molar-refractivity contribution < 1.29 is 5.11 Å². The Bertz CT molecular complexity index is 288. The van der Waals surface area contributed by atoms with Gasteiger partial charge in [0.25, 0.3) is 0 Å². The van der Waals surface area contributed by atoms with E-state index in [4.69, 9.17) is 5.11 Å². The largest absolute Gasteiger partial charge is 0.392 e. The maximum absolute atomic E-state index is 9.13. The lowest BCUT2D eigenvalue weighted by Gasteiger charge is -2.15. The monoisotopic (exact) mass is 257 g/mol. The van der Waals surface area contributed by atoms with Crippen molar-refractivity contribution in [2.75, 3.05) is 6.54 Å². The third-order valence-corrected chi connectivity index (χ3v) is 2.56. The summed E-state index contributed by atoms with van der Waals surface area (Å²) < 4.78 is 1.08. The van der Waals surface area contributed by atoms with Crippen LogP contribution in [0.25, 0.3) is 0 Å². The Kier molecular flexibility index (Phi) is 4.58. The second-order valence-corrected chi connectivity index (χ2v) is 4.45. The lowest BCUT2D eigenvalue weighted by molar-refractivity contribution is 0.187. The Morgan fingerprint density at radius 1 is 1.43 bits per heavy atom. The standard InChI is InChI=1S/C11H16BrNO/c1-8(14)7-13-9(2)10-4-3-5-11(12)6-10/h3-6,8-9,13-14H,7H2,1-2H3/t8-,9+/m0/s1. The van der Waals surface area contributed by atoms with Gasteiger partial charge in [0.1, 0.15) is 0 Å². The average Bonchev–Trinajstić information content (AvgIpc) is 2.14. The van der Waals surface area contributed by atoms with Crippen LogP contribution in [0.4, 0.5) is 0 Å². The summed E-state index contributed by atoms with van der Waals surface area (Å²) in [5.41, 5.74) is 1.22. The van der Waals surface area contributed by atoms with Crippen molar-refractivity contribution >= 4 is 15.9 Å². The van der Waals surface area contributed by atoms with Crippen LogP contribution in [0.2, 0.25) is 0 Å². The zero-order valence-electron chi connectivity index (χ0n) is 8.50. The summed E-state index contributed by atoms with van der Waals surface area (Å²) in [4.78, 5) is 0. The predicted octanol–water partition coefficient (Wildman–Crippen LogP) is 2.48. The third-order valence-electron chi connectivity index (χ3n) is 2.07. The molecule has 1 rings (SSSR count). The van der Waals surface area contributed by atoms with E-state index in [0.29, 0.717) is 6.54 Å². The molecular weight excluding hydrogens is 242 g/mol. The molecule has 0 saturated heterocycles. The highest BCUT2D eigenvalue weighted by molar-refractivity contribution is 9.10. The molecule has 2 atom stereocenters. The van der Waals surface area contributed by atoms with E-state index >= 15 is 0 Å². The minimum absolute atomic E-state index is 0.266. The molecule has 0 spiro atoms. The number of nitrogens with one attached hydrogen (secondary N) is 1. The minimum atomic E-state index is -0.301. The molecule has 0 heterocycles. The molecule has 0 aromatic heterocycles. The van der Waals surface area contributed by atoms with Crippen LogP contribution in [0.1, 0.15) is 25.5 Å². The Balaban J connectivity index is 2.56. The summed E-state index contributed by atoms with van der Waals surface area (Å²) in [6.07, 6.45) is -0.301. The van der Waals surface area contributed by atoms with Crippen LogP contribution in [0, 0.1) is 0 Å². The van der Waals surface area contributed by atoms with E-state index in [-0.39, 0.29) is 12.1 Å². The maximum Gasteiger partial charge on any atom is 0.0636 e. The van der Waals surface area contributed by atoms with Crippen LogP contribution in [-0.4, -0.2) is 17.8 Å². The molecule has 0 aliphatic rings. The fraction of sp³-hybridized carbons (Fsp3) is 0.455. The molecule has 0 fully saturated rings. The molecule has 0 unspecified atom stereocenters. The van der Waals surface area contributed by atoms with Crippen LogP contribution < -0.4 is 5.32 Å². The zero-order valence-corrected chi connectivity index (χ0v) is 10.1. The number of hydrogen-bond acceptors (Lipinski definition) is 2. The normalized spacial score (nSPS) is 15.1. The highest BCUT2D eigenvalue weighted by Crippen LogP contribution is 2.17. The van der Waals surface area contributed by atoms with Gasteiger partial charge in [-0.05, 0) is 31.5 Å². The molecule has 2 N–H and O–H groups in total. The minimum Gasteiger partial charge on any atom is -0.392 e. The van der Waals surface area contributed by atoms with Crippen molar-refractivity contribution in [3.05, 3.63) is 34.3 Å². The Labute approximate surface area is 93.5 Å². The highest BCUT2D eigenvalue weighted by atomic mass is 79.9. The fourth-order valence-corrected chi connectivity index (χ4v) is 1.66. The average molecular weight is 258 g/mol. The Hall–Kier alpha value is -0.380. The lowest BCUT2D eigenvalue weighted by Crippen LogP contribution is -2.27. The van der Waals surface area contributed by atoms with Crippen molar-refractivity contribution in [1.82, 2.24) is 5.32 Å². The maximum atomic E-state index is 9.13. The van der Waals surface area contributed by atoms with Gasteiger partial charge in [0.15, 0.2) is 0 Å². The SMILES string of the molecule is C[C@H](O)CN[C@H](C)c1cccc(Br)c1. The van der Waals surface area contributed by atoms with Crippen molar-refractivity contribution in [2.45, 2.75) is 26.0 Å². The highest BCUT2D eigenvalue weighted by Gasteiger charge is 2.05. The van der Waals surface area contributed by atoms with Crippen molar-refractivity contribution in [1.29, 1.82) is 0 Å². The van der Waals surface area contributed by atoms with Gasteiger partial charge in [-0.25, -0.2) is 0 Å². The van der Waals surface area contributed by atoms with Crippen LogP contribution in [0.15, 0.2) is 28.7 Å². The van der Waals surface area contributed by atoms with E-state index in [2.05, 4.69) is 40.3 Å². The summed E-state index contributed by atoms with van der Waals surface area (Å²) >= 11 is 3.43. The summed E-state index contributed by atoms with van der Waals surface area (Å²) in [6, 6.07) is 8.44. The van der Waals surface area contributed by atoms with Gasteiger partial charge in [-0.3, -0.25) is 0 Å². The lowest BCUT2D eigenvalue weighted by atomic mass is 10.1. The third kappa shape index (κ3) is 3.78. The molecule has 0 aliphatic carbocycles. The first kappa shape index (κ1) is 11.7. The Morgan fingerprint density at radius 3 is 2.71 bits per heavy atom. The van der Waals surface area contributed by atoms with Gasteiger partial charge in [-0.1, -0.05) is 28.1 Å². The van der Waals surface area contributed by atoms with E-state index < -0.39 is 0 Å². The summed E-state index contributed by atoms with van der Waals surface area (Å²) in [5, 5.41) is 12.4. The molecule has 78 valence electrons. The van der Waals surface area contributed by atoms with Crippen LogP contribution in [0.3, 0.4) is 0 Å². The van der Waals surface area contributed by atoms with Gasteiger partial charge < -0.3 is 10.4 Å². The van der Waals surface area contributed by atoms with Gasteiger partial charge in [-0.15, -0.1) is 0 Å². The quantitative estimate of drug-likeness (QED) is 0.869. The number of rotatable bonds is 4. The predicted molar refractivity (Wildman–Crippen MR) is 62.2 cm³/mol. The summed E-state index contributed by atoms with van der Waals surface area (Å²) in [5.74, 6) is 0. The van der Waals surface area contributed by atoms with Crippen molar-refractivity contribution in [3.8, 4) is 0 Å². The molecule has 1 aromatic carbocycles. The molecule has 0 aliphatic heterocycles. The molecule has 1 aromatic rings. The fourth-order valence-electron chi connectivity index (χ4n) is 1.24. The smallest absolute Gasteiger partial charge is 0.0636 e. The van der Waals surface area contributed by atoms with Gasteiger partial charge in [0.2, 0.25) is 0 Å².